The number of carbonyl (C=O) groups is 2. The maximum absolute atomic E-state index is 12.3. The van der Waals surface area contributed by atoms with Crippen LogP contribution in [0.4, 0.5) is 5.69 Å². The molecule has 7 heteroatoms. The highest BCUT2D eigenvalue weighted by molar-refractivity contribution is 5.94. The number of carbonyl (C=O) groups excluding carboxylic acids is 2. The highest BCUT2D eigenvalue weighted by Crippen LogP contribution is 2.21. The number of anilines is 1. The van der Waals surface area contributed by atoms with Gasteiger partial charge in [0.05, 0.1) is 11.0 Å². The molecule has 1 aliphatic heterocycles. The summed E-state index contributed by atoms with van der Waals surface area (Å²) < 4.78 is 7.59. The number of aryl methyl sites for hydroxylation is 2. The fourth-order valence-electron chi connectivity index (χ4n) is 3.86. The van der Waals surface area contributed by atoms with Crippen molar-refractivity contribution in [2.75, 3.05) is 25.0 Å². The van der Waals surface area contributed by atoms with Gasteiger partial charge in [0.25, 0.3) is 5.91 Å². The second-order valence-corrected chi connectivity index (χ2v) is 8.03. The van der Waals surface area contributed by atoms with E-state index >= 15 is 0 Å². The molecule has 2 aromatic carbocycles. The molecule has 31 heavy (non-hydrogen) atoms. The number of nitrogens with zero attached hydrogens (tertiary/aromatic N) is 3. The quantitative estimate of drug-likeness (QED) is 0.635. The van der Waals surface area contributed by atoms with E-state index in [-0.39, 0.29) is 18.4 Å². The predicted octanol–water partition coefficient (Wildman–Crippen LogP) is 3.45. The number of nitrogens with one attached hydrogen (secondary N) is 1. The predicted molar refractivity (Wildman–Crippen MR) is 120 cm³/mol. The highest BCUT2D eigenvalue weighted by atomic mass is 16.5. The van der Waals surface area contributed by atoms with E-state index in [0.717, 1.165) is 41.8 Å². The van der Waals surface area contributed by atoms with Gasteiger partial charge in [0.2, 0.25) is 5.91 Å². The third-order valence-electron chi connectivity index (χ3n) is 5.67. The van der Waals surface area contributed by atoms with Crippen molar-refractivity contribution in [3.63, 3.8) is 0 Å². The van der Waals surface area contributed by atoms with Crippen molar-refractivity contribution in [1.29, 1.82) is 0 Å². The molecule has 0 bridgehead atoms. The number of rotatable bonds is 7. The Morgan fingerprint density at radius 3 is 2.74 bits per heavy atom. The summed E-state index contributed by atoms with van der Waals surface area (Å²) in [6.07, 6.45) is 3.43. The van der Waals surface area contributed by atoms with E-state index in [2.05, 4.69) is 9.88 Å². The standard InChI is InChI=1S/C24H28N4O3/c1-17-6-9-19(10-7-17)31-16-23(29)25-18-8-11-21-20(15-18)26-22(27(21)2)12-14-28-13-4-3-5-24(28)30/h6-11,15H,3-5,12-14,16H2,1-2H3,(H,25,29). The van der Waals surface area contributed by atoms with E-state index in [0.29, 0.717) is 30.8 Å². The number of fused-ring (bicyclic) bond motifs is 1. The third-order valence-corrected chi connectivity index (χ3v) is 5.67. The van der Waals surface area contributed by atoms with E-state index in [1.54, 1.807) is 0 Å². The average Bonchev–Trinajstić information content (AvgIpc) is 3.07. The number of aromatic nitrogens is 2. The molecule has 1 aromatic heterocycles. The summed E-state index contributed by atoms with van der Waals surface area (Å²) in [6, 6.07) is 13.3. The lowest BCUT2D eigenvalue weighted by Gasteiger charge is -2.26. The number of imidazole rings is 1. The lowest BCUT2D eigenvalue weighted by Crippen LogP contribution is -2.36. The van der Waals surface area contributed by atoms with Gasteiger partial charge in [-0.05, 0) is 50.1 Å². The van der Waals surface area contributed by atoms with Crippen LogP contribution in [0.2, 0.25) is 0 Å². The molecular formula is C24H28N4O3. The summed E-state index contributed by atoms with van der Waals surface area (Å²) in [5, 5.41) is 2.87. The second-order valence-electron chi connectivity index (χ2n) is 8.03. The molecule has 0 spiro atoms. The Kier molecular flexibility index (Phi) is 6.21. The molecule has 7 nitrogen and oxygen atoms in total. The number of amides is 2. The first kappa shape index (κ1) is 20.9. The fourth-order valence-corrected chi connectivity index (χ4v) is 3.86. The average molecular weight is 421 g/mol. The topological polar surface area (TPSA) is 76.5 Å². The Hall–Kier alpha value is -3.35. The number of hydrogen-bond donors (Lipinski definition) is 1. The van der Waals surface area contributed by atoms with Crippen molar-refractivity contribution in [1.82, 2.24) is 14.5 Å². The SMILES string of the molecule is Cc1ccc(OCC(=O)Nc2ccc3c(c2)nc(CCN2CCCCC2=O)n3C)cc1. The Balaban J connectivity index is 1.37. The highest BCUT2D eigenvalue weighted by Gasteiger charge is 2.18. The molecule has 0 atom stereocenters. The van der Waals surface area contributed by atoms with Crippen LogP contribution in [-0.4, -0.2) is 46.0 Å². The van der Waals surface area contributed by atoms with Gasteiger partial charge in [0.15, 0.2) is 6.61 Å². The minimum Gasteiger partial charge on any atom is -0.484 e. The molecule has 0 aliphatic carbocycles. The first-order chi connectivity index (χ1) is 15.0. The van der Waals surface area contributed by atoms with Crippen LogP contribution in [0.5, 0.6) is 5.75 Å². The summed E-state index contributed by atoms with van der Waals surface area (Å²) in [6.45, 7) is 3.47. The molecule has 1 fully saturated rings. The molecule has 0 saturated carbocycles. The first-order valence-corrected chi connectivity index (χ1v) is 10.7. The van der Waals surface area contributed by atoms with Gasteiger partial charge >= 0.3 is 0 Å². The van der Waals surface area contributed by atoms with E-state index in [9.17, 15) is 9.59 Å². The van der Waals surface area contributed by atoms with Crippen LogP contribution in [0.3, 0.4) is 0 Å². The number of likely N-dealkylation sites (tertiary alicyclic amines) is 1. The van der Waals surface area contributed by atoms with Crippen molar-refractivity contribution in [3.8, 4) is 5.75 Å². The Labute approximate surface area is 182 Å². The van der Waals surface area contributed by atoms with Gasteiger partial charge in [-0.3, -0.25) is 9.59 Å². The number of benzene rings is 2. The Bertz CT molecular complexity index is 1090. The smallest absolute Gasteiger partial charge is 0.262 e. The van der Waals surface area contributed by atoms with Gasteiger partial charge in [-0.25, -0.2) is 4.98 Å². The lowest BCUT2D eigenvalue weighted by molar-refractivity contribution is -0.133. The lowest BCUT2D eigenvalue weighted by atomic mass is 10.1. The maximum Gasteiger partial charge on any atom is 0.262 e. The third kappa shape index (κ3) is 5.05. The van der Waals surface area contributed by atoms with E-state index < -0.39 is 0 Å². The first-order valence-electron chi connectivity index (χ1n) is 10.7. The number of ether oxygens (including phenoxy) is 1. The van der Waals surface area contributed by atoms with Crippen LogP contribution >= 0.6 is 0 Å². The van der Waals surface area contributed by atoms with Gasteiger partial charge in [-0.2, -0.15) is 0 Å². The molecule has 1 aliphatic rings. The molecule has 1 saturated heterocycles. The molecule has 1 N–H and O–H groups in total. The zero-order chi connectivity index (χ0) is 21.8. The van der Waals surface area contributed by atoms with Crippen molar-refractivity contribution in [3.05, 3.63) is 53.9 Å². The van der Waals surface area contributed by atoms with Crippen LogP contribution in [0.15, 0.2) is 42.5 Å². The molecule has 0 unspecified atom stereocenters. The number of hydrogen-bond acceptors (Lipinski definition) is 4. The minimum absolute atomic E-state index is 0.0571. The fraction of sp³-hybridized carbons (Fsp3) is 0.375. The van der Waals surface area contributed by atoms with Crippen molar-refractivity contribution < 1.29 is 14.3 Å². The molecule has 2 heterocycles. The molecule has 0 radical (unpaired) electrons. The van der Waals surface area contributed by atoms with Crippen molar-refractivity contribution in [2.45, 2.75) is 32.6 Å². The summed E-state index contributed by atoms with van der Waals surface area (Å²) >= 11 is 0. The molecule has 2 amide bonds. The van der Waals surface area contributed by atoms with Crippen LogP contribution in [0.1, 0.15) is 30.7 Å². The largest absolute Gasteiger partial charge is 0.484 e. The maximum atomic E-state index is 12.3. The summed E-state index contributed by atoms with van der Waals surface area (Å²) in [5.74, 6) is 1.61. The molecule has 3 aromatic rings. The van der Waals surface area contributed by atoms with Crippen molar-refractivity contribution >= 4 is 28.5 Å². The molecule has 4 rings (SSSR count). The zero-order valence-corrected chi connectivity index (χ0v) is 18.1. The van der Waals surface area contributed by atoms with E-state index in [4.69, 9.17) is 9.72 Å². The van der Waals surface area contributed by atoms with Gasteiger partial charge in [-0.1, -0.05) is 17.7 Å². The monoisotopic (exact) mass is 420 g/mol. The second kappa shape index (κ2) is 9.20. The Morgan fingerprint density at radius 1 is 1.16 bits per heavy atom. The van der Waals surface area contributed by atoms with Crippen LogP contribution < -0.4 is 10.1 Å². The van der Waals surface area contributed by atoms with E-state index in [1.165, 1.54) is 0 Å². The normalized spacial score (nSPS) is 14.1. The summed E-state index contributed by atoms with van der Waals surface area (Å²) in [4.78, 5) is 31.0. The van der Waals surface area contributed by atoms with Crippen LogP contribution in [-0.2, 0) is 23.1 Å². The van der Waals surface area contributed by atoms with Crippen LogP contribution in [0, 0.1) is 6.92 Å². The van der Waals surface area contributed by atoms with E-state index in [1.807, 2.05) is 61.3 Å². The zero-order valence-electron chi connectivity index (χ0n) is 18.1. The van der Waals surface area contributed by atoms with Crippen molar-refractivity contribution in [2.24, 2.45) is 7.05 Å². The van der Waals surface area contributed by atoms with Gasteiger partial charge in [0, 0.05) is 38.7 Å². The molecule has 162 valence electrons. The van der Waals surface area contributed by atoms with Gasteiger partial charge in [0.1, 0.15) is 11.6 Å². The van der Waals surface area contributed by atoms with Gasteiger partial charge in [-0.15, -0.1) is 0 Å². The number of piperidine rings is 1. The summed E-state index contributed by atoms with van der Waals surface area (Å²) in [7, 11) is 1.98. The van der Waals surface area contributed by atoms with Crippen LogP contribution in [0.25, 0.3) is 11.0 Å². The molecular weight excluding hydrogens is 392 g/mol. The van der Waals surface area contributed by atoms with Gasteiger partial charge < -0.3 is 19.5 Å². The minimum atomic E-state index is -0.223. The Morgan fingerprint density at radius 2 is 1.97 bits per heavy atom. The summed E-state index contributed by atoms with van der Waals surface area (Å²) in [5.41, 5.74) is 3.64.